The average Bonchev–Trinajstić information content (AvgIpc) is 2.80. The molecule has 1 fully saturated rings. The summed E-state index contributed by atoms with van der Waals surface area (Å²) in [6, 6.07) is 17.4. The molecule has 0 unspecified atom stereocenters. The Morgan fingerprint density at radius 3 is 2.16 bits per heavy atom. The van der Waals surface area contributed by atoms with Crippen LogP contribution >= 0.6 is 0 Å². The third kappa shape index (κ3) is 7.86. The van der Waals surface area contributed by atoms with E-state index >= 15 is 0 Å². The smallest absolute Gasteiger partial charge is 0.414 e. The van der Waals surface area contributed by atoms with Crippen LogP contribution in [0.1, 0.15) is 24.0 Å². The lowest BCUT2D eigenvalue weighted by Gasteiger charge is -2.37. The minimum Gasteiger partial charge on any atom is -0.497 e. The molecule has 1 heterocycles. The number of hydrogen-bond donors (Lipinski definition) is 2. The number of piperidine rings is 1. The summed E-state index contributed by atoms with van der Waals surface area (Å²) in [5, 5.41) is 14.8. The van der Waals surface area contributed by atoms with Gasteiger partial charge in [-0.2, -0.15) is 0 Å². The molecule has 0 spiro atoms. The molecule has 2 aromatic carbocycles. The molecule has 2 N–H and O–H groups in total. The Labute approximate surface area is 189 Å². The second-order valence-electron chi connectivity index (χ2n) is 7.70. The van der Waals surface area contributed by atoms with Crippen LogP contribution in [0.15, 0.2) is 48.5 Å². The van der Waals surface area contributed by atoms with Crippen LogP contribution in [0.3, 0.4) is 0 Å². The van der Waals surface area contributed by atoms with E-state index < -0.39 is 11.9 Å². The molecular formula is C24H32N2O6. The number of hydrogen-bond acceptors (Lipinski definition) is 6. The molecular weight excluding hydrogens is 412 g/mol. The van der Waals surface area contributed by atoms with Crippen LogP contribution in [0.5, 0.6) is 11.5 Å². The Kier molecular flexibility index (Phi) is 9.97. The first-order valence-electron chi connectivity index (χ1n) is 10.5. The number of rotatable bonds is 7. The van der Waals surface area contributed by atoms with Crippen molar-refractivity contribution in [1.29, 1.82) is 0 Å². The Balaban J connectivity index is 0.000000534. The Morgan fingerprint density at radius 2 is 1.62 bits per heavy atom. The second-order valence-corrected chi connectivity index (χ2v) is 7.70. The maximum absolute atomic E-state index is 9.10. The Bertz CT molecular complexity index is 854. The van der Waals surface area contributed by atoms with E-state index in [9.17, 15) is 0 Å². The van der Waals surface area contributed by atoms with Crippen molar-refractivity contribution in [1.82, 2.24) is 9.80 Å². The molecule has 8 heteroatoms. The number of carboxylic acids is 2. The maximum Gasteiger partial charge on any atom is 0.414 e. The summed E-state index contributed by atoms with van der Waals surface area (Å²) in [5.41, 5.74) is 2.58. The Morgan fingerprint density at radius 1 is 1.00 bits per heavy atom. The maximum atomic E-state index is 9.10. The number of ether oxygens (including phenoxy) is 2. The van der Waals surface area contributed by atoms with E-state index in [2.05, 4.69) is 53.2 Å². The first kappa shape index (κ1) is 25.2. The molecule has 174 valence electrons. The summed E-state index contributed by atoms with van der Waals surface area (Å²) in [7, 11) is 5.69. The fourth-order valence-electron chi connectivity index (χ4n) is 3.77. The average molecular weight is 445 g/mol. The fraction of sp³-hybridized carbons (Fsp3) is 0.417. The summed E-state index contributed by atoms with van der Waals surface area (Å²) in [6.07, 6.45) is 2.41. The molecule has 1 aliphatic rings. The quantitative estimate of drug-likeness (QED) is 0.629. The highest BCUT2D eigenvalue weighted by Crippen LogP contribution is 2.27. The zero-order valence-corrected chi connectivity index (χ0v) is 18.9. The van der Waals surface area contributed by atoms with Gasteiger partial charge in [-0.15, -0.1) is 0 Å². The standard InChI is InChI=1S/C22H30N2O2.C2H2O4/c1-23(16-18-7-5-4-6-8-18)20-11-13-24(14-12-20)17-19-15-21(25-2)9-10-22(19)26-3;3-1(4)2(5)6/h4-10,15,20H,11-14,16-17H2,1-3H3;(H,3,4)(H,5,6). The second kappa shape index (κ2) is 12.7. The van der Waals surface area contributed by atoms with Crippen LogP contribution in [0.4, 0.5) is 0 Å². The van der Waals surface area contributed by atoms with Crippen molar-refractivity contribution in [3.05, 3.63) is 59.7 Å². The normalized spacial score (nSPS) is 14.4. The van der Waals surface area contributed by atoms with Crippen LogP contribution in [0.2, 0.25) is 0 Å². The number of carbonyl (C=O) groups is 2. The molecule has 8 nitrogen and oxygen atoms in total. The highest BCUT2D eigenvalue weighted by molar-refractivity contribution is 6.27. The van der Waals surface area contributed by atoms with E-state index in [1.54, 1.807) is 14.2 Å². The van der Waals surface area contributed by atoms with E-state index in [0.717, 1.165) is 37.7 Å². The predicted octanol–water partition coefficient (Wildman–Crippen LogP) is 2.96. The topological polar surface area (TPSA) is 99.5 Å². The molecule has 2 aromatic rings. The first-order valence-corrected chi connectivity index (χ1v) is 10.5. The van der Waals surface area contributed by atoms with Crippen LogP contribution in [-0.2, 0) is 22.7 Å². The van der Waals surface area contributed by atoms with Crippen molar-refractivity contribution >= 4 is 11.9 Å². The van der Waals surface area contributed by atoms with Crippen LogP contribution in [0, 0.1) is 0 Å². The van der Waals surface area contributed by atoms with Gasteiger partial charge in [-0.25, -0.2) is 9.59 Å². The lowest BCUT2D eigenvalue weighted by molar-refractivity contribution is -0.159. The van der Waals surface area contributed by atoms with Crippen molar-refractivity contribution in [2.24, 2.45) is 0 Å². The number of nitrogens with zero attached hydrogens (tertiary/aromatic N) is 2. The molecule has 3 rings (SSSR count). The van der Waals surface area contributed by atoms with Gasteiger partial charge in [-0.05, 0) is 56.7 Å². The van der Waals surface area contributed by atoms with E-state index in [0.29, 0.717) is 6.04 Å². The zero-order valence-electron chi connectivity index (χ0n) is 18.9. The molecule has 0 amide bonds. The summed E-state index contributed by atoms with van der Waals surface area (Å²) < 4.78 is 10.9. The van der Waals surface area contributed by atoms with Crippen LogP contribution in [0.25, 0.3) is 0 Å². The summed E-state index contributed by atoms with van der Waals surface area (Å²) in [5.74, 6) is -1.82. The molecule has 0 aromatic heterocycles. The van der Waals surface area contributed by atoms with Crippen molar-refractivity contribution in [2.75, 3.05) is 34.4 Å². The predicted molar refractivity (Wildman–Crippen MR) is 121 cm³/mol. The third-order valence-electron chi connectivity index (χ3n) is 5.52. The Hall–Kier alpha value is -3.10. The molecule has 0 saturated carbocycles. The van der Waals surface area contributed by atoms with Crippen molar-refractivity contribution in [2.45, 2.75) is 32.0 Å². The van der Waals surface area contributed by atoms with E-state index in [-0.39, 0.29) is 0 Å². The number of carboxylic acid groups (broad SMARTS) is 2. The molecule has 1 saturated heterocycles. The van der Waals surface area contributed by atoms with Gasteiger partial charge in [0.15, 0.2) is 0 Å². The summed E-state index contributed by atoms with van der Waals surface area (Å²) in [4.78, 5) is 23.2. The van der Waals surface area contributed by atoms with Gasteiger partial charge in [0.1, 0.15) is 11.5 Å². The van der Waals surface area contributed by atoms with E-state index in [1.807, 2.05) is 12.1 Å². The zero-order chi connectivity index (χ0) is 23.5. The number of methoxy groups -OCH3 is 2. The van der Waals surface area contributed by atoms with Crippen LogP contribution in [-0.4, -0.2) is 72.4 Å². The van der Waals surface area contributed by atoms with Gasteiger partial charge in [-0.1, -0.05) is 30.3 Å². The number of likely N-dealkylation sites (tertiary alicyclic amines) is 1. The molecule has 0 radical (unpaired) electrons. The summed E-state index contributed by atoms with van der Waals surface area (Å²) in [6.45, 7) is 4.17. The van der Waals surface area contributed by atoms with Crippen molar-refractivity contribution < 1.29 is 29.3 Å². The van der Waals surface area contributed by atoms with Gasteiger partial charge < -0.3 is 19.7 Å². The largest absolute Gasteiger partial charge is 0.497 e. The van der Waals surface area contributed by atoms with Gasteiger partial charge in [0.25, 0.3) is 0 Å². The number of aliphatic carboxylic acids is 2. The van der Waals surface area contributed by atoms with Crippen molar-refractivity contribution in [3.8, 4) is 11.5 Å². The molecule has 0 atom stereocenters. The molecule has 0 bridgehead atoms. The molecule has 0 aliphatic carbocycles. The van der Waals surface area contributed by atoms with Gasteiger partial charge in [0, 0.05) is 24.7 Å². The van der Waals surface area contributed by atoms with E-state index in [4.69, 9.17) is 29.3 Å². The minimum absolute atomic E-state index is 0.652. The SMILES string of the molecule is COc1ccc(OC)c(CN2CCC(N(C)Cc3ccccc3)CC2)c1.O=C(O)C(=O)O. The molecule has 32 heavy (non-hydrogen) atoms. The van der Waals surface area contributed by atoms with Crippen LogP contribution < -0.4 is 9.47 Å². The minimum atomic E-state index is -1.82. The van der Waals surface area contributed by atoms with Gasteiger partial charge in [0.2, 0.25) is 0 Å². The highest BCUT2D eigenvalue weighted by atomic mass is 16.5. The monoisotopic (exact) mass is 444 g/mol. The van der Waals surface area contributed by atoms with Gasteiger partial charge >= 0.3 is 11.9 Å². The van der Waals surface area contributed by atoms with Crippen molar-refractivity contribution in [3.63, 3.8) is 0 Å². The lowest BCUT2D eigenvalue weighted by atomic mass is 10.0. The van der Waals surface area contributed by atoms with Gasteiger partial charge in [-0.3, -0.25) is 9.80 Å². The fourth-order valence-corrected chi connectivity index (χ4v) is 3.77. The summed E-state index contributed by atoms with van der Waals surface area (Å²) >= 11 is 0. The highest BCUT2D eigenvalue weighted by Gasteiger charge is 2.23. The lowest BCUT2D eigenvalue weighted by Crippen LogP contribution is -2.42. The number of benzene rings is 2. The van der Waals surface area contributed by atoms with Gasteiger partial charge in [0.05, 0.1) is 14.2 Å². The molecule has 1 aliphatic heterocycles. The van der Waals surface area contributed by atoms with E-state index in [1.165, 1.54) is 24.0 Å². The first-order chi connectivity index (χ1) is 15.3. The third-order valence-corrected chi connectivity index (χ3v) is 5.52.